The van der Waals surface area contributed by atoms with Gasteiger partial charge < -0.3 is 14.8 Å². The van der Waals surface area contributed by atoms with Gasteiger partial charge in [-0.25, -0.2) is 9.79 Å². The number of para-hydroxylation sites is 1. The van der Waals surface area contributed by atoms with Crippen molar-refractivity contribution in [2.24, 2.45) is 4.99 Å². The Hall–Kier alpha value is -4.18. The van der Waals surface area contributed by atoms with Gasteiger partial charge in [0.05, 0.1) is 26.6 Å². The number of benzene rings is 2. The number of rotatable bonds is 5. The number of nitrogens with zero attached hydrogens (tertiary/aromatic N) is 2. The lowest BCUT2D eigenvalue weighted by Crippen LogP contribution is -2.19. The number of carbonyl (C=O) groups is 2. The van der Waals surface area contributed by atoms with Crippen molar-refractivity contribution in [3.8, 4) is 11.3 Å². The van der Waals surface area contributed by atoms with E-state index in [4.69, 9.17) is 4.42 Å². The van der Waals surface area contributed by atoms with Crippen LogP contribution in [0.3, 0.4) is 0 Å². The first-order valence-corrected chi connectivity index (χ1v) is 10.1. The number of aryl methyl sites for hydroxylation is 1. The second-order valence-electron chi connectivity index (χ2n) is 6.78. The zero-order valence-electron chi connectivity index (χ0n) is 16.6. The summed E-state index contributed by atoms with van der Waals surface area (Å²) in [6.45, 7) is 1.76. The van der Waals surface area contributed by atoms with Crippen molar-refractivity contribution in [3.05, 3.63) is 86.5 Å². The highest BCUT2D eigenvalue weighted by Crippen LogP contribution is 2.34. The van der Waals surface area contributed by atoms with Crippen LogP contribution in [0.15, 0.2) is 68.9 Å². The van der Waals surface area contributed by atoms with E-state index in [1.165, 1.54) is 24.3 Å². The van der Waals surface area contributed by atoms with Crippen LogP contribution in [0.25, 0.3) is 17.4 Å². The van der Waals surface area contributed by atoms with Crippen molar-refractivity contribution in [1.29, 1.82) is 0 Å². The standard InChI is InChI=1S/C22H15N3O6S/c1-12-6-8-15(17(10-12)25(29)30)18-9-7-13(31-18)11-19-20(26)24-22(32-19)23-16-5-3-2-4-14(16)21(27)28/h2-11H,1H3,(H,27,28)(H,23,24,26). The van der Waals surface area contributed by atoms with Gasteiger partial charge in [-0.3, -0.25) is 14.9 Å². The number of aliphatic imine (C=N–C) groups is 1. The number of nitrogens with one attached hydrogen (secondary N) is 1. The molecule has 3 aromatic rings. The molecule has 2 aromatic carbocycles. The fraction of sp³-hybridized carbons (Fsp3) is 0.0455. The lowest BCUT2D eigenvalue weighted by atomic mass is 10.1. The number of amides is 1. The maximum atomic E-state index is 12.3. The van der Waals surface area contributed by atoms with E-state index < -0.39 is 16.8 Å². The molecule has 1 saturated heterocycles. The van der Waals surface area contributed by atoms with Crippen molar-refractivity contribution >= 4 is 46.3 Å². The van der Waals surface area contributed by atoms with E-state index in [1.54, 1.807) is 43.3 Å². The first kappa shape index (κ1) is 21.1. The maximum Gasteiger partial charge on any atom is 0.337 e. The number of thioether (sulfide) groups is 1. The molecule has 2 heterocycles. The minimum Gasteiger partial charge on any atom is -0.478 e. The van der Waals surface area contributed by atoms with E-state index in [-0.39, 0.29) is 27.0 Å². The van der Waals surface area contributed by atoms with Crippen LogP contribution in [0.5, 0.6) is 0 Å². The Kier molecular flexibility index (Phi) is 5.61. The number of furan rings is 1. The lowest BCUT2D eigenvalue weighted by molar-refractivity contribution is -0.384. The maximum absolute atomic E-state index is 12.3. The number of aromatic carboxylic acids is 1. The van der Waals surface area contributed by atoms with Gasteiger partial charge in [-0.05, 0) is 54.6 Å². The first-order valence-electron chi connectivity index (χ1n) is 9.29. The van der Waals surface area contributed by atoms with E-state index in [2.05, 4.69) is 10.3 Å². The third-order valence-corrected chi connectivity index (χ3v) is 5.43. The molecule has 160 valence electrons. The topological polar surface area (TPSA) is 135 Å². The first-order chi connectivity index (χ1) is 15.3. The summed E-state index contributed by atoms with van der Waals surface area (Å²) in [7, 11) is 0. The molecule has 0 unspecified atom stereocenters. The summed E-state index contributed by atoms with van der Waals surface area (Å²) in [6.07, 6.45) is 1.50. The lowest BCUT2D eigenvalue weighted by Gasteiger charge is -2.01. The Bertz CT molecular complexity index is 1320. The van der Waals surface area contributed by atoms with Crippen LogP contribution in [-0.2, 0) is 4.79 Å². The Labute approximate surface area is 185 Å². The molecule has 4 rings (SSSR count). The highest BCUT2D eigenvalue weighted by molar-refractivity contribution is 8.18. The molecule has 0 radical (unpaired) electrons. The molecule has 1 aliphatic heterocycles. The van der Waals surface area contributed by atoms with Gasteiger partial charge in [0.1, 0.15) is 11.5 Å². The summed E-state index contributed by atoms with van der Waals surface area (Å²) in [6, 6.07) is 14.2. The van der Waals surface area contributed by atoms with Gasteiger partial charge in [0.2, 0.25) is 0 Å². The number of hydrogen-bond acceptors (Lipinski definition) is 7. The molecule has 0 saturated carbocycles. The summed E-state index contributed by atoms with van der Waals surface area (Å²) in [5.74, 6) is -0.903. The van der Waals surface area contributed by atoms with Gasteiger partial charge in [0.15, 0.2) is 5.17 Å². The van der Waals surface area contributed by atoms with Crippen molar-refractivity contribution in [2.45, 2.75) is 6.92 Å². The van der Waals surface area contributed by atoms with E-state index in [1.807, 2.05) is 0 Å². The van der Waals surface area contributed by atoms with Gasteiger partial charge >= 0.3 is 5.97 Å². The van der Waals surface area contributed by atoms with Crippen molar-refractivity contribution < 1.29 is 24.0 Å². The molecule has 32 heavy (non-hydrogen) atoms. The van der Waals surface area contributed by atoms with E-state index in [0.717, 1.165) is 17.3 Å². The van der Waals surface area contributed by atoms with Crippen LogP contribution in [0.2, 0.25) is 0 Å². The summed E-state index contributed by atoms with van der Waals surface area (Å²) in [4.78, 5) is 39.1. The van der Waals surface area contributed by atoms with Crippen LogP contribution in [0.1, 0.15) is 21.7 Å². The normalized spacial score (nSPS) is 15.8. The number of carboxylic acid groups (broad SMARTS) is 1. The van der Waals surface area contributed by atoms with Crippen molar-refractivity contribution in [1.82, 2.24) is 5.32 Å². The van der Waals surface area contributed by atoms with Gasteiger partial charge in [0, 0.05) is 12.1 Å². The SMILES string of the molecule is Cc1ccc(-c2ccc(C=C3SC(=Nc4ccccc4C(=O)O)NC3=O)o2)c([N+](=O)[O-])c1. The second kappa shape index (κ2) is 8.52. The molecule has 1 aromatic heterocycles. The summed E-state index contributed by atoms with van der Waals surface area (Å²) < 4.78 is 5.72. The number of hydrogen-bond donors (Lipinski definition) is 2. The number of amidine groups is 1. The van der Waals surface area contributed by atoms with E-state index in [9.17, 15) is 24.8 Å². The molecule has 1 amide bonds. The van der Waals surface area contributed by atoms with Gasteiger partial charge in [-0.1, -0.05) is 18.2 Å². The summed E-state index contributed by atoms with van der Waals surface area (Å²) in [5, 5.41) is 23.5. The molecule has 0 bridgehead atoms. The van der Waals surface area contributed by atoms with Crippen LogP contribution in [0.4, 0.5) is 11.4 Å². The third kappa shape index (κ3) is 4.30. The van der Waals surface area contributed by atoms with Crippen LogP contribution in [-0.4, -0.2) is 27.1 Å². The van der Waals surface area contributed by atoms with Crippen LogP contribution < -0.4 is 5.32 Å². The highest BCUT2D eigenvalue weighted by Gasteiger charge is 2.25. The molecule has 0 spiro atoms. The molecular weight excluding hydrogens is 434 g/mol. The van der Waals surface area contributed by atoms with Crippen LogP contribution in [0, 0.1) is 17.0 Å². The number of carboxylic acids is 1. The van der Waals surface area contributed by atoms with Crippen LogP contribution >= 0.6 is 11.8 Å². The predicted molar refractivity (Wildman–Crippen MR) is 120 cm³/mol. The van der Waals surface area contributed by atoms with Gasteiger partial charge in [-0.15, -0.1) is 0 Å². The van der Waals surface area contributed by atoms with E-state index >= 15 is 0 Å². The monoisotopic (exact) mass is 449 g/mol. The highest BCUT2D eigenvalue weighted by atomic mass is 32.2. The van der Waals surface area contributed by atoms with Gasteiger partial charge in [0.25, 0.3) is 11.6 Å². The Balaban J connectivity index is 1.61. The molecular formula is C22H15N3O6S. The van der Waals surface area contributed by atoms with E-state index in [0.29, 0.717) is 17.1 Å². The quantitative estimate of drug-likeness (QED) is 0.326. The number of nitro groups is 1. The van der Waals surface area contributed by atoms with Crippen molar-refractivity contribution in [3.63, 3.8) is 0 Å². The molecule has 10 heteroatoms. The fourth-order valence-electron chi connectivity index (χ4n) is 3.05. The molecule has 1 aliphatic rings. The average molecular weight is 449 g/mol. The fourth-order valence-corrected chi connectivity index (χ4v) is 3.86. The Morgan fingerprint density at radius 3 is 2.75 bits per heavy atom. The molecule has 1 fully saturated rings. The minimum absolute atomic E-state index is 0.0163. The largest absolute Gasteiger partial charge is 0.478 e. The zero-order valence-corrected chi connectivity index (χ0v) is 17.4. The zero-order chi connectivity index (χ0) is 22.8. The third-order valence-electron chi connectivity index (χ3n) is 4.52. The number of nitro benzene ring substituents is 1. The summed E-state index contributed by atoms with van der Waals surface area (Å²) >= 11 is 1.03. The minimum atomic E-state index is -1.12. The average Bonchev–Trinajstić information content (AvgIpc) is 3.35. The van der Waals surface area contributed by atoms with Gasteiger partial charge in [-0.2, -0.15) is 0 Å². The molecule has 0 atom stereocenters. The second-order valence-corrected chi connectivity index (χ2v) is 7.81. The predicted octanol–water partition coefficient (Wildman–Crippen LogP) is 4.75. The molecule has 0 aliphatic carbocycles. The van der Waals surface area contributed by atoms with Crippen molar-refractivity contribution in [2.75, 3.05) is 0 Å². The summed E-state index contributed by atoms with van der Waals surface area (Å²) in [5.41, 5.74) is 1.25. The molecule has 2 N–H and O–H groups in total. The smallest absolute Gasteiger partial charge is 0.337 e. The molecule has 9 nitrogen and oxygen atoms in total. The Morgan fingerprint density at radius 1 is 1.22 bits per heavy atom. The Morgan fingerprint density at radius 2 is 2.00 bits per heavy atom. The number of carbonyl (C=O) groups excluding carboxylic acids is 1.